The molecule has 2 aromatic carbocycles. The molecule has 0 radical (unpaired) electrons. The summed E-state index contributed by atoms with van der Waals surface area (Å²) < 4.78 is 44.1. The van der Waals surface area contributed by atoms with Crippen LogP contribution in [0.1, 0.15) is 48.5 Å². The minimum Gasteiger partial charge on any atom is -0.450 e. The first-order valence-corrected chi connectivity index (χ1v) is 13.2. The summed E-state index contributed by atoms with van der Waals surface area (Å²) in [4.78, 5) is 40.8. The molecule has 11 heteroatoms. The zero-order chi connectivity index (χ0) is 28.0. The van der Waals surface area contributed by atoms with Gasteiger partial charge in [-0.05, 0) is 75.0 Å². The average molecular weight is 547 g/mol. The maximum atomic E-state index is 13.6. The van der Waals surface area contributed by atoms with Gasteiger partial charge >= 0.3 is 12.3 Å². The molecule has 39 heavy (non-hydrogen) atoms. The summed E-state index contributed by atoms with van der Waals surface area (Å²) in [6.07, 6.45) is -2.91. The highest BCUT2D eigenvalue weighted by Crippen LogP contribution is 2.32. The molecular weight excluding hydrogens is 513 g/mol. The highest BCUT2D eigenvalue weighted by molar-refractivity contribution is 6.04. The van der Waals surface area contributed by atoms with Crippen LogP contribution in [0.4, 0.5) is 18.0 Å². The number of halogens is 3. The van der Waals surface area contributed by atoms with Gasteiger partial charge in [0.15, 0.2) is 0 Å². The van der Waals surface area contributed by atoms with Gasteiger partial charge in [0, 0.05) is 24.7 Å². The van der Waals surface area contributed by atoms with Crippen LogP contribution in [0.25, 0.3) is 11.1 Å². The maximum absolute atomic E-state index is 13.6. The Morgan fingerprint density at radius 2 is 1.67 bits per heavy atom. The van der Waals surface area contributed by atoms with E-state index in [0.29, 0.717) is 69.6 Å². The van der Waals surface area contributed by atoms with Crippen LogP contribution < -0.4 is 16.0 Å². The molecule has 2 aliphatic rings. The molecule has 0 unspecified atom stereocenters. The standard InChI is InChI=1S/C28H33F3N4O4/c1-2-39-26(38)35-17-11-21(12-18-35)33-25(37)27(13-15-32-16-14-27)34-24(36)23-6-4-3-5-22(23)19-7-9-20(10-8-19)28(29,30)31/h3-10,21,32H,2,11-18H2,1H3,(H,33,37)(H,34,36). The number of nitrogens with zero attached hydrogens (tertiary/aromatic N) is 1. The van der Waals surface area contributed by atoms with Crippen molar-refractivity contribution in [1.82, 2.24) is 20.9 Å². The van der Waals surface area contributed by atoms with E-state index < -0.39 is 23.2 Å². The fourth-order valence-electron chi connectivity index (χ4n) is 5.06. The van der Waals surface area contributed by atoms with E-state index in [0.717, 1.165) is 12.1 Å². The molecule has 2 heterocycles. The molecule has 3 amide bonds. The minimum absolute atomic E-state index is 0.147. The molecule has 2 saturated heterocycles. The van der Waals surface area contributed by atoms with Crippen LogP contribution in [0, 0.1) is 0 Å². The zero-order valence-corrected chi connectivity index (χ0v) is 21.8. The van der Waals surface area contributed by atoms with E-state index in [1.165, 1.54) is 12.1 Å². The normalized spacial score (nSPS) is 17.8. The van der Waals surface area contributed by atoms with Gasteiger partial charge in [0.25, 0.3) is 5.91 Å². The van der Waals surface area contributed by atoms with Crippen LogP contribution in [0.3, 0.4) is 0 Å². The number of hydrogen-bond donors (Lipinski definition) is 3. The van der Waals surface area contributed by atoms with Crippen molar-refractivity contribution in [3.05, 3.63) is 59.7 Å². The first-order valence-electron chi connectivity index (χ1n) is 13.2. The quantitative estimate of drug-likeness (QED) is 0.510. The molecule has 8 nitrogen and oxygen atoms in total. The predicted molar refractivity (Wildman–Crippen MR) is 139 cm³/mol. The van der Waals surface area contributed by atoms with Crippen molar-refractivity contribution in [2.75, 3.05) is 32.8 Å². The Balaban J connectivity index is 1.49. The van der Waals surface area contributed by atoms with E-state index >= 15 is 0 Å². The second kappa shape index (κ2) is 12.1. The van der Waals surface area contributed by atoms with E-state index in [-0.39, 0.29) is 23.6 Å². The van der Waals surface area contributed by atoms with E-state index in [1.807, 2.05) is 0 Å². The molecule has 0 spiro atoms. The fraction of sp³-hybridized carbons (Fsp3) is 0.464. The van der Waals surface area contributed by atoms with Crippen molar-refractivity contribution < 1.29 is 32.3 Å². The largest absolute Gasteiger partial charge is 0.450 e. The number of amides is 3. The number of piperidine rings is 2. The minimum atomic E-state index is -4.46. The van der Waals surface area contributed by atoms with Gasteiger partial charge in [-0.3, -0.25) is 9.59 Å². The second-order valence-electron chi connectivity index (χ2n) is 9.84. The number of alkyl halides is 3. The Morgan fingerprint density at radius 1 is 1.03 bits per heavy atom. The second-order valence-corrected chi connectivity index (χ2v) is 9.84. The molecule has 2 fully saturated rings. The Kier molecular flexibility index (Phi) is 8.79. The van der Waals surface area contributed by atoms with Gasteiger partial charge in [-0.2, -0.15) is 13.2 Å². The summed E-state index contributed by atoms with van der Waals surface area (Å²) in [5.41, 5.74) is -0.712. The monoisotopic (exact) mass is 546 g/mol. The van der Waals surface area contributed by atoms with Crippen LogP contribution >= 0.6 is 0 Å². The third-order valence-corrected chi connectivity index (χ3v) is 7.30. The van der Waals surface area contributed by atoms with Crippen LogP contribution in [0.5, 0.6) is 0 Å². The molecule has 0 aromatic heterocycles. The van der Waals surface area contributed by atoms with Crippen molar-refractivity contribution >= 4 is 17.9 Å². The lowest BCUT2D eigenvalue weighted by Crippen LogP contribution is -2.64. The first kappa shape index (κ1) is 28.4. The number of hydrogen-bond acceptors (Lipinski definition) is 5. The third-order valence-electron chi connectivity index (χ3n) is 7.30. The van der Waals surface area contributed by atoms with Crippen molar-refractivity contribution in [2.45, 2.75) is 50.4 Å². The predicted octanol–water partition coefficient (Wildman–Crippen LogP) is 3.96. The summed E-state index contributed by atoms with van der Waals surface area (Å²) in [7, 11) is 0. The van der Waals surface area contributed by atoms with Gasteiger partial charge in [0.1, 0.15) is 5.54 Å². The summed E-state index contributed by atoms with van der Waals surface area (Å²) in [5.74, 6) is -0.751. The smallest absolute Gasteiger partial charge is 0.416 e. The molecule has 3 N–H and O–H groups in total. The third kappa shape index (κ3) is 6.70. The summed E-state index contributed by atoms with van der Waals surface area (Å²) in [6.45, 7) is 4.05. The van der Waals surface area contributed by atoms with Crippen LogP contribution in [-0.4, -0.2) is 67.2 Å². The lowest BCUT2D eigenvalue weighted by Gasteiger charge is -2.39. The average Bonchev–Trinajstić information content (AvgIpc) is 2.93. The van der Waals surface area contributed by atoms with Crippen LogP contribution in [-0.2, 0) is 15.7 Å². The molecule has 0 saturated carbocycles. The SMILES string of the molecule is CCOC(=O)N1CCC(NC(=O)C2(NC(=O)c3ccccc3-c3ccc(C(F)(F)F)cc3)CCNCC2)CC1. The number of benzene rings is 2. The van der Waals surface area contributed by atoms with Gasteiger partial charge in [-0.25, -0.2) is 4.79 Å². The van der Waals surface area contributed by atoms with Crippen molar-refractivity contribution in [2.24, 2.45) is 0 Å². The molecular formula is C28H33F3N4O4. The topological polar surface area (TPSA) is 99.8 Å². The number of ether oxygens (including phenoxy) is 1. The molecule has 210 valence electrons. The summed E-state index contributed by atoms with van der Waals surface area (Å²) in [5, 5.41) is 9.26. The Bertz CT molecular complexity index is 1170. The van der Waals surface area contributed by atoms with E-state index in [2.05, 4.69) is 16.0 Å². The molecule has 0 atom stereocenters. The van der Waals surface area contributed by atoms with Gasteiger partial charge in [0.05, 0.1) is 12.2 Å². The van der Waals surface area contributed by atoms with Crippen molar-refractivity contribution in [3.8, 4) is 11.1 Å². The molecule has 4 rings (SSSR count). The van der Waals surface area contributed by atoms with Crippen molar-refractivity contribution in [3.63, 3.8) is 0 Å². The van der Waals surface area contributed by atoms with Crippen molar-refractivity contribution in [1.29, 1.82) is 0 Å². The Morgan fingerprint density at radius 3 is 2.28 bits per heavy atom. The van der Waals surface area contributed by atoms with Gasteiger partial charge in [-0.1, -0.05) is 30.3 Å². The first-order chi connectivity index (χ1) is 18.6. The van der Waals surface area contributed by atoms with Gasteiger partial charge in [-0.15, -0.1) is 0 Å². The molecule has 2 aromatic rings. The van der Waals surface area contributed by atoms with E-state index in [9.17, 15) is 27.6 Å². The Hall–Kier alpha value is -3.60. The number of carbonyl (C=O) groups is 3. The maximum Gasteiger partial charge on any atom is 0.416 e. The van der Waals surface area contributed by atoms with E-state index in [1.54, 1.807) is 36.1 Å². The number of nitrogens with one attached hydrogen (secondary N) is 3. The highest BCUT2D eigenvalue weighted by atomic mass is 19.4. The number of rotatable bonds is 6. The molecule has 0 aliphatic carbocycles. The van der Waals surface area contributed by atoms with Crippen LogP contribution in [0.2, 0.25) is 0 Å². The van der Waals surface area contributed by atoms with E-state index in [4.69, 9.17) is 4.74 Å². The lowest BCUT2D eigenvalue weighted by molar-refractivity contribution is -0.137. The summed E-state index contributed by atoms with van der Waals surface area (Å²) in [6, 6.07) is 11.2. The van der Waals surface area contributed by atoms with Gasteiger partial charge in [0.2, 0.25) is 5.91 Å². The number of likely N-dealkylation sites (tertiary alicyclic amines) is 1. The molecule has 0 bridgehead atoms. The van der Waals surface area contributed by atoms with Crippen LogP contribution in [0.15, 0.2) is 48.5 Å². The lowest BCUT2D eigenvalue weighted by atomic mass is 9.85. The molecule has 2 aliphatic heterocycles. The Labute approximate surface area is 225 Å². The highest BCUT2D eigenvalue weighted by Gasteiger charge is 2.42. The van der Waals surface area contributed by atoms with Gasteiger partial charge < -0.3 is 25.6 Å². The number of carbonyl (C=O) groups excluding carboxylic acids is 3. The zero-order valence-electron chi connectivity index (χ0n) is 21.8. The summed E-state index contributed by atoms with van der Waals surface area (Å²) >= 11 is 0. The fourth-order valence-corrected chi connectivity index (χ4v) is 5.06.